The summed E-state index contributed by atoms with van der Waals surface area (Å²) in [4.78, 5) is 15.0. The molecule has 4 aromatic heterocycles. The molecule has 0 saturated heterocycles. The molecule has 0 radical (unpaired) electrons. The molecule has 0 fully saturated rings. The zero-order valence-corrected chi connectivity index (χ0v) is 27.1. The molecule has 4 heterocycles. The van der Waals surface area contributed by atoms with Crippen LogP contribution in [0.1, 0.15) is 0 Å². The van der Waals surface area contributed by atoms with Crippen LogP contribution < -0.4 is 0 Å². The lowest BCUT2D eigenvalue weighted by Crippen LogP contribution is -2.00. The molecule has 0 N–H and O–H groups in total. The lowest BCUT2D eigenvalue weighted by molar-refractivity contribution is 0.662. The van der Waals surface area contributed by atoms with E-state index in [1.54, 1.807) is 0 Å². The minimum Gasteiger partial charge on any atom is -0.456 e. The Kier molecular flexibility index (Phi) is 5.86. The van der Waals surface area contributed by atoms with Crippen LogP contribution in [-0.2, 0) is 0 Å². The van der Waals surface area contributed by atoms with Crippen LogP contribution in [0.3, 0.4) is 0 Å². The van der Waals surface area contributed by atoms with Crippen LogP contribution in [-0.4, -0.2) is 19.5 Å². The fourth-order valence-corrected chi connectivity index (χ4v) is 7.58. The van der Waals surface area contributed by atoms with Crippen molar-refractivity contribution >= 4 is 65.7 Å². The van der Waals surface area contributed by atoms with Gasteiger partial charge in [-0.15, -0.1) is 0 Å². The second-order valence-corrected chi connectivity index (χ2v) is 12.8. The summed E-state index contributed by atoms with van der Waals surface area (Å²) < 4.78 is 15.7. The quantitative estimate of drug-likeness (QED) is 0.189. The summed E-state index contributed by atoms with van der Waals surface area (Å²) >= 11 is 0. The van der Waals surface area contributed by atoms with Gasteiger partial charge in [-0.05, 0) is 42.5 Å². The van der Waals surface area contributed by atoms with E-state index in [9.17, 15) is 0 Å². The summed E-state index contributed by atoms with van der Waals surface area (Å²) in [6.07, 6.45) is 0. The Morgan fingerprint density at radius 1 is 0.392 bits per heavy atom. The number of rotatable bonds is 4. The molecular weight excluding hydrogens is 629 g/mol. The molecule has 51 heavy (non-hydrogen) atoms. The van der Waals surface area contributed by atoms with Crippen molar-refractivity contribution in [2.45, 2.75) is 0 Å². The first-order valence-corrected chi connectivity index (χ1v) is 16.9. The minimum absolute atomic E-state index is 0.567. The summed E-state index contributed by atoms with van der Waals surface area (Å²) in [5, 5.41) is 6.32. The van der Waals surface area contributed by atoms with Crippen LogP contribution >= 0.6 is 0 Å². The van der Waals surface area contributed by atoms with E-state index < -0.39 is 0 Å². The van der Waals surface area contributed by atoms with Crippen LogP contribution in [0.5, 0.6) is 0 Å². The van der Waals surface area contributed by atoms with Gasteiger partial charge in [0.2, 0.25) is 0 Å². The second-order valence-electron chi connectivity index (χ2n) is 12.8. The van der Waals surface area contributed by atoms with Crippen molar-refractivity contribution in [3.63, 3.8) is 0 Å². The molecule has 0 atom stereocenters. The maximum absolute atomic E-state index is 6.85. The largest absolute Gasteiger partial charge is 0.456 e. The topological polar surface area (TPSA) is 69.9 Å². The van der Waals surface area contributed by atoms with E-state index in [1.807, 2.05) is 78.9 Å². The van der Waals surface area contributed by atoms with E-state index in [2.05, 4.69) is 83.4 Å². The highest BCUT2D eigenvalue weighted by molar-refractivity contribution is 6.24. The van der Waals surface area contributed by atoms with Gasteiger partial charge in [0.05, 0.1) is 16.4 Å². The normalized spacial score (nSPS) is 11.9. The molecule has 6 nitrogen and oxygen atoms in total. The molecule has 0 aliphatic rings. The zero-order chi connectivity index (χ0) is 33.5. The van der Waals surface area contributed by atoms with Crippen molar-refractivity contribution in [3.8, 4) is 39.9 Å². The highest BCUT2D eigenvalue weighted by atomic mass is 16.3. The van der Waals surface area contributed by atoms with Crippen LogP contribution in [0.25, 0.3) is 106 Å². The monoisotopic (exact) mass is 654 g/mol. The molecule has 0 amide bonds. The second kappa shape index (κ2) is 10.7. The van der Waals surface area contributed by atoms with E-state index in [0.29, 0.717) is 17.5 Å². The van der Waals surface area contributed by atoms with E-state index in [4.69, 9.17) is 23.8 Å². The Hall–Kier alpha value is -7.05. The van der Waals surface area contributed by atoms with Gasteiger partial charge < -0.3 is 13.4 Å². The molecule has 6 heteroatoms. The van der Waals surface area contributed by atoms with Crippen LogP contribution in [0.15, 0.2) is 167 Å². The predicted octanol–water partition coefficient (Wildman–Crippen LogP) is 11.8. The third-order valence-corrected chi connectivity index (χ3v) is 9.86. The SMILES string of the molecule is c1ccc(-c2nc(-c3ccccc3)nc(-c3cccc4oc5ccc6c7ccc(-n8c9ccccc9c9ccccc98)cc7oc6c5c34)n2)cc1. The highest BCUT2D eigenvalue weighted by Gasteiger charge is 2.22. The van der Waals surface area contributed by atoms with Gasteiger partial charge in [-0.2, -0.15) is 0 Å². The van der Waals surface area contributed by atoms with Gasteiger partial charge in [0.15, 0.2) is 17.5 Å². The fraction of sp³-hybridized carbons (Fsp3) is 0. The van der Waals surface area contributed by atoms with Crippen molar-refractivity contribution in [2.75, 3.05) is 0 Å². The molecule has 0 bridgehead atoms. The lowest BCUT2D eigenvalue weighted by atomic mass is 10.0. The van der Waals surface area contributed by atoms with Crippen molar-refractivity contribution in [2.24, 2.45) is 0 Å². The van der Waals surface area contributed by atoms with Gasteiger partial charge in [-0.3, -0.25) is 0 Å². The Morgan fingerprint density at radius 3 is 1.67 bits per heavy atom. The summed E-state index contributed by atoms with van der Waals surface area (Å²) in [6, 6.07) is 53.8. The number of hydrogen-bond donors (Lipinski definition) is 0. The molecule has 11 rings (SSSR count). The van der Waals surface area contributed by atoms with E-state index in [-0.39, 0.29) is 0 Å². The van der Waals surface area contributed by atoms with Gasteiger partial charge in [0, 0.05) is 55.4 Å². The molecule has 0 aliphatic carbocycles. The smallest absolute Gasteiger partial charge is 0.164 e. The lowest BCUT2D eigenvalue weighted by Gasteiger charge is -2.09. The summed E-state index contributed by atoms with van der Waals surface area (Å²) in [6.45, 7) is 0. The fourth-order valence-electron chi connectivity index (χ4n) is 7.58. The number of nitrogens with zero attached hydrogens (tertiary/aromatic N) is 4. The third-order valence-electron chi connectivity index (χ3n) is 9.86. The molecule has 7 aromatic carbocycles. The molecule has 0 spiro atoms. The Bertz CT molecular complexity index is 3030. The van der Waals surface area contributed by atoms with Crippen LogP contribution in [0.4, 0.5) is 0 Å². The standard InChI is InChI=1S/C45H26N4O2/c1-3-12-27(13-4-1)43-46-44(28-14-5-2-6-15-28)48-45(47-43)34-18-11-21-37-40(34)41-38(50-37)25-24-33-32-23-22-29(26-39(32)51-42(33)41)49-35-19-9-7-16-30(35)31-17-8-10-20-36(31)49/h1-26H. The number of aromatic nitrogens is 4. The van der Waals surface area contributed by atoms with Gasteiger partial charge >= 0.3 is 0 Å². The number of fused-ring (bicyclic) bond motifs is 10. The zero-order valence-electron chi connectivity index (χ0n) is 27.1. The number of benzene rings is 7. The van der Waals surface area contributed by atoms with Gasteiger partial charge in [0.25, 0.3) is 0 Å². The Labute approximate surface area is 290 Å². The molecule has 238 valence electrons. The maximum atomic E-state index is 6.85. The van der Waals surface area contributed by atoms with Crippen molar-refractivity contribution in [3.05, 3.63) is 158 Å². The Morgan fingerprint density at radius 2 is 0.980 bits per heavy atom. The molecular formula is C45H26N4O2. The number of furan rings is 2. The van der Waals surface area contributed by atoms with Crippen molar-refractivity contribution in [1.29, 1.82) is 0 Å². The summed E-state index contributed by atoms with van der Waals surface area (Å²) in [7, 11) is 0. The number of para-hydroxylation sites is 2. The van der Waals surface area contributed by atoms with Crippen LogP contribution in [0, 0.1) is 0 Å². The van der Waals surface area contributed by atoms with E-state index >= 15 is 0 Å². The van der Waals surface area contributed by atoms with Gasteiger partial charge in [-0.1, -0.05) is 109 Å². The summed E-state index contributed by atoms with van der Waals surface area (Å²) in [5.41, 5.74) is 9.10. The molecule has 0 aliphatic heterocycles. The van der Waals surface area contributed by atoms with Gasteiger partial charge in [0.1, 0.15) is 22.3 Å². The predicted molar refractivity (Wildman–Crippen MR) is 205 cm³/mol. The molecule has 0 unspecified atom stereocenters. The maximum Gasteiger partial charge on any atom is 0.164 e. The first-order chi connectivity index (χ1) is 25.3. The minimum atomic E-state index is 0.567. The van der Waals surface area contributed by atoms with Gasteiger partial charge in [-0.25, -0.2) is 15.0 Å². The highest BCUT2D eigenvalue weighted by Crippen LogP contribution is 2.43. The average molecular weight is 655 g/mol. The molecule has 11 aromatic rings. The van der Waals surface area contributed by atoms with Crippen molar-refractivity contribution < 1.29 is 8.83 Å². The number of hydrogen-bond acceptors (Lipinski definition) is 5. The Balaban J connectivity index is 1.16. The summed E-state index contributed by atoms with van der Waals surface area (Å²) in [5.74, 6) is 1.78. The average Bonchev–Trinajstić information content (AvgIpc) is 3.87. The van der Waals surface area contributed by atoms with Crippen LogP contribution in [0.2, 0.25) is 0 Å². The molecule has 0 saturated carbocycles. The first kappa shape index (κ1) is 27.9. The third kappa shape index (κ3) is 4.20. The van der Waals surface area contributed by atoms with E-state index in [0.717, 1.165) is 77.3 Å². The van der Waals surface area contributed by atoms with E-state index in [1.165, 1.54) is 10.8 Å². The van der Waals surface area contributed by atoms with Crippen molar-refractivity contribution in [1.82, 2.24) is 19.5 Å². The first-order valence-electron chi connectivity index (χ1n) is 16.9.